The second-order valence-electron chi connectivity index (χ2n) is 4.31. The van der Waals surface area contributed by atoms with Gasteiger partial charge in [0.15, 0.2) is 0 Å². The van der Waals surface area contributed by atoms with Crippen LogP contribution < -0.4 is 0 Å². The van der Waals surface area contributed by atoms with Crippen molar-refractivity contribution in [2.75, 3.05) is 0 Å². The lowest BCUT2D eigenvalue weighted by molar-refractivity contribution is 0.532. The Kier molecular flexibility index (Phi) is 3.64. The molecule has 0 spiro atoms. The number of rotatable bonds is 2. The van der Waals surface area contributed by atoms with Gasteiger partial charge in [-0.2, -0.15) is 0 Å². The summed E-state index contributed by atoms with van der Waals surface area (Å²) in [5.74, 6) is 0.886. The number of hydrogen-bond acceptors (Lipinski definition) is 1. The van der Waals surface area contributed by atoms with Crippen LogP contribution >= 0.6 is 27.5 Å². The molecule has 2 aromatic rings. The van der Waals surface area contributed by atoms with E-state index in [1.807, 2.05) is 13.0 Å². The molecule has 0 radical (unpaired) electrons. The van der Waals surface area contributed by atoms with Crippen molar-refractivity contribution in [3.63, 3.8) is 0 Å². The molecule has 2 rings (SSSR count). The molecule has 1 aromatic heterocycles. The van der Waals surface area contributed by atoms with E-state index in [1.165, 1.54) is 11.1 Å². The smallest absolute Gasteiger partial charge is 0.101 e. The maximum atomic E-state index is 6.50. The largest absolute Gasteiger partial charge is 0.469 e. The van der Waals surface area contributed by atoms with E-state index >= 15 is 0 Å². The molecule has 3 heteroatoms. The average molecular weight is 314 g/mol. The van der Waals surface area contributed by atoms with Crippen LogP contribution in [-0.4, -0.2) is 0 Å². The topological polar surface area (TPSA) is 13.1 Å². The van der Waals surface area contributed by atoms with Crippen LogP contribution in [0.3, 0.4) is 0 Å². The Balaban J connectivity index is 2.43. The summed E-state index contributed by atoms with van der Waals surface area (Å²) in [7, 11) is 0. The van der Waals surface area contributed by atoms with Crippen LogP contribution in [0.25, 0.3) is 0 Å². The molecule has 1 heterocycles. The molecule has 1 unspecified atom stereocenters. The van der Waals surface area contributed by atoms with E-state index in [-0.39, 0.29) is 5.38 Å². The average Bonchev–Trinajstić information content (AvgIpc) is 2.69. The van der Waals surface area contributed by atoms with E-state index in [0.717, 1.165) is 21.4 Å². The highest BCUT2D eigenvalue weighted by Gasteiger charge is 2.16. The van der Waals surface area contributed by atoms with Crippen LogP contribution in [0.5, 0.6) is 0 Å². The molecular weight excluding hydrogens is 300 g/mol. The molecule has 0 amide bonds. The number of hydrogen-bond donors (Lipinski definition) is 0. The zero-order valence-electron chi connectivity index (χ0n) is 10.1. The monoisotopic (exact) mass is 312 g/mol. The van der Waals surface area contributed by atoms with Crippen molar-refractivity contribution in [1.82, 2.24) is 0 Å². The first-order valence-electron chi connectivity index (χ1n) is 5.45. The first kappa shape index (κ1) is 12.7. The predicted octanol–water partition coefficient (Wildman–Crippen LogP) is 5.30. The molecule has 0 saturated heterocycles. The Labute approximate surface area is 115 Å². The standard InChI is InChI=1S/C14H14BrClO/c1-8-5-13(15)9(2)4-12(8)14(16)11-6-10(3)17-7-11/h4-7,14H,1-3H3. The summed E-state index contributed by atoms with van der Waals surface area (Å²) in [4.78, 5) is 0. The number of aryl methyl sites for hydroxylation is 3. The van der Waals surface area contributed by atoms with Crippen LogP contribution in [0.2, 0.25) is 0 Å². The van der Waals surface area contributed by atoms with Gasteiger partial charge in [-0.15, -0.1) is 11.6 Å². The van der Waals surface area contributed by atoms with E-state index in [2.05, 4.69) is 41.9 Å². The minimum atomic E-state index is -0.153. The minimum absolute atomic E-state index is 0.153. The molecule has 0 aliphatic carbocycles. The van der Waals surface area contributed by atoms with Crippen LogP contribution in [-0.2, 0) is 0 Å². The molecule has 0 saturated carbocycles. The molecular formula is C14H14BrClO. The molecule has 0 fully saturated rings. The minimum Gasteiger partial charge on any atom is -0.469 e. The zero-order chi connectivity index (χ0) is 12.6. The van der Waals surface area contributed by atoms with Gasteiger partial charge in [-0.05, 0) is 49.6 Å². The van der Waals surface area contributed by atoms with Crippen molar-refractivity contribution in [2.45, 2.75) is 26.1 Å². The molecule has 1 atom stereocenters. The quantitative estimate of drug-likeness (QED) is 0.686. The Morgan fingerprint density at radius 2 is 1.82 bits per heavy atom. The normalized spacial score (nSPS) is 12.8. The summed E-state index contributed by atoms with van der Waals surface area (Å²) in [6.45, 7) is 6.06. The van der Waals surface area contributed by atoms with Crippen LogP contribution in [0.1, 0.15) is 33.4 Å². The predicted molar refractivity (Wildman–Crippen MR) is 74.8 cm³/mol. The summed E-state index contributed by atoms with van der Waals surface area (Å²) < 4.78 is 6.42. The summed E-state index contributed by atoms with van der Waals surface area (Å²) in [6, 6.07) is 6.21. The first-order chi connectivity index (χ1) is 7.99. The molecule has 17 heavy (non-hydrogen) atoms. The summed E-state index contributed by atoms with van der Waals surface area (Å²) in [5, 5.41) is -0.153. The third-order valence-electron chi connectivity index (χ3n) is 2.86. The third kappa shape index (κ3) is 2.58. The van der Waals surface area contributed by atoms with Crippen molar-refractivity contribution in [2.24, 2.45) is 0 Å². The maximum absolute atomic E-state index is 6.50. The van der Waals surface area contributed by atoms with Crippen molar-refractivity contribution in [3.05, 3.63) is 56.9 Å². The molecule has 1 nitrogen and oxygen atoms in total. The van der Waals surface area contributed by atoms with Gasteiger partial charge in [0.2, 0.25) is 0 Å². The summed E-state index contributed by atoms with van der Waals surface area (Å²) >= 11 is 10.0. The lowest BCUT2D eigenvalue weighted by Crippen LogP contribution is -1.96. The van der Waals surface area contributed by atoms with Gasteiger partial charge in [0.1, 0.15) is 5.76 Å². The van der Waals surface area contributed by atoms with Gasteiger partial charge in [0.25, 0.3) is 0 Å². The van der Waals surface area contributed by atoms with E-state index < -0.39 is 0 Å². The first-order valence-corrected chi connectivity index (χ1v) is 6.67. The number of furan rings is 1. The zero-order valence-corrected chi connectivity index (χ0v) is 12.4. The number of benzene rings is 1. The Morgan fingerprint density at radius 1 is 1.12 bits per heavy atom. The highest BCUT2D eigenvalue weighted by atomic mass is 79.9. The molecule has 0 N–H and O–H groups in total. The molecule has 0 aliphatic heterocycles. The van der Waals surface area contributed by atoms with Gasteiger partial charge < -0.3 is 4.42 Å². The number of halogens is 2. The second kappa shape index (κ2) is 4.87. The lowest BCUT2D eigenvalue weighted by Gasteiger charge is -2.13. The van der Waals surface area contributed by atoms with Crippen LogP contribution in [0.15, 0.2) is 33.4 Å². The van der Waals surface area contributed by atoms with Gasteiger partial charge in [-0.25, -0.2) is 0 Å². The fraction of sp³-hybridized carbons (Fsp3) is 0.286. The van der Waals surface area contributed by atoms with Gasteiger partial charge in [0.05, 0.1) is 11.6 Å². The molecule has 0 aliphatic rings. The highest BCUT2D eigenvalue weighted by Crippen LogP contribution is 2.34. The van der Waals surface area contributed by atoms with E-state index in [0.29, 0.717) is 0 Å². The summed E-state index contributed by atoms with van der Waals surface area (Å²) in [6.07, 6.45) is 1.73. The van der Waals surface area contributed by atoms with Crippen molar-refractivity contribution in [3.8, 4) is 0 Å². The lowest BCUT2D eigenvalue weighted by atomic mass is 9.99. The SMILES string of the molecule is Cc1cc(C(Cl)c2cc(C)c(Br)cc2C)co1. The Morgan fingerprint density at radius 3 is 2.41 bits per heavy atom. The fourth-order valence-corrected chi connectivity index (χ4v) is 2.66. The summed E-state index contributed by atoms with van der Waals surface area (Å²) in [5.41, 5.74) is 4.51. The van der Waals surface area contributed by atoms with E-state index in [1.54, 1.807) is 6.26 Å². The van der Waals surface area contributed by atoms with Crippen molar-refractivity contribution >= 4 is 27.5 Å². The highest BCUT2D eigenvalue weighted by molar-refractivity contribution is 9.10. The molecule has 1 aromatic carbocycles. The van der Waals surface area contributed by atoms with Crippen molar-refractivity contribution in [1.29, 1.82) is 0 Å². The van der Waals surface area contributed by atoms with Gasteiger partial charge in [-0.3, -0.25) is 0 Å². The van der Waals surface area contributed by atoms with E-state index in [9.17, 15) is 0 Å². The third-order valence-corrected chi connectivity index (χ3v) is 4.21. The number of alkyl halides is 1. The fourth-order valence-electron chi connectivity index (χ4n) is 1.85. The van der Waals surface area contributed by atoms with Crippen LogP contribution in [0.4, 0.5) is 0 Å². The van der Waals surface area contributed by atoms with Gasteiger partial charge in [-0.1, -0.05) is 22.0 Å². The van der Waals surface area contributed by atoms with Gasteiger partial charge >= 0.3 is 0 Å². The van der Waals surface area contributed by atoms with Crippen molar-refractivity contribution < 1.29 is 4.42 Å². The second-order valence-corrected chi connectivity index (χ2v) is 5.60. The van der Waals surface area contributed by atoms with Gasteiger partial charge in [0, 0.05) is 10.0 Å². The Bertz CT molecular complexity index is 545. The Hall–Kier alpha value is -0.730. The maximum Gasteiger partial charge on any atom is 0.101 e. The van der Waals surface area contributed by atoms with E-state index in [4.69, 9.17) is 16.0 Å². The molecule has 90 valence electrons. The van der Waals surface area contributed by atoms with Crippen LogP contribution in [0, 0.1) is 20.8 Å². The molecule has 0 bridgehead atoms.